The van der Waals surface area contributed by atoms with Crippen molar-refractivity contribution < 1.29 is 27.9 Å². The Morgan fingerprint density at radius 2 is 1.88 bits per heavy atom. The number of aromatic nitrogens is 4. The van der Waals surface area contributed by atoms with Crippen molar-refractivity contribution in [1.29, 1.82) is 0 Å². The summed E-state index contributed by atoms with van der Waals surface area (Å²) < 4.78 is 42.2. The summed E-state index contributed by atoms with van der Waals surface area (Å²) in [5.41, 5.74) is 1.62. The van der Waals surface area contributed by atoms with E-state index in [-0.39, 0.29) is 38.0 Å². The molecule has 3 aromatic rings. The smallest absolute Gasteiger partial charge is 0.391 e. The van der Waals surface area contributed by atoms with Crippen LogP contribution in [0.4, 0.5) is 13.2 Å². The Morgan fingerprint density at radius 3 is 2.44 bits per heavy atom. The number of halogens is 3. The first-order chi connectivity index (χ1) is 19.2. The van der Waals surface area contributed by atoms with Gasteiger partial charge < -0.3 is 15.3 Å². The van der Waals surface area contributed by atoms with Crippen LogP contribution in [0, 0.1) is 12.3 Å². The number of aliphatic hydroxyl groups is 1. The lowest BCUT2D eigenvalue weighted by atomic mass is 9.85. The van der Waals surface area contributed by atoms with Gasteiger partial charge in [0.1, 0.15) is 17.5 Å². The zero-order chi connectivity index (χ0) is 29.7. The molecule has 1 aliphatic carbocycles. The summed E-state index contributed by atoms with van der Waals surface area (Å²) in [6.07, 6.45) is -4.26. The lowest BCUT2D eigenvalue weighted by Gasteiger charge is -2.34. The van der Waals surface area contributed by atoms with Gasteiger partial charge in [-0.05, 0) is 36.3 Å². The number of nitrogens with zero attached hydrogens (tertiary/aromatic N) is 5. The van der Waals surface area contributed by atoms with Gasteiger partial charge in [0.25, 0.3) is 0 Å². The van der Waals surface area contributed by atoms with Crippen LogP contribution in [0.3, 0.4) is 0 Å². The second-order valence-corrected chi connectivity index (χ2v) is 12.9. The van der Waals surface area contributed by atoms with Crippen molar-refractivity contribution in [2.24, 2.45) is 5.41 Å². The summed E-state index contributed by atoms with van der Waals surface area (Å²) in [5, 5.41) is 21.0. The van der Waals surface area contributed by atoms with Crippen molar-refractivity contribution in [3.8, 4) is 10.4 Å². The molecule has 41 heavy (non-hydrogen) atoms. The maximum absolute atomic E-state index is 13.9. The Bertz CT molecular complexity index is 1420. The predicted octanol–water partition coefficient (Wildman–Crippen LogP) is 4.17. The molecule has 1 saturated heterocycles. The number of rotatable bonds is 7. The first kappa shape index (κ1) is 29.2. The van der Waals surface area contributed by atoms with E-state index >= 15 is 0 Å². The minimum absolute atomic E-state index is 0.0534. The minimum atomic E-state index is -4.46. The highest BCUT2D eigenvalue weighted by Gasteiger charge is 2.66. The topological polar surface area (TPSA) is 113 Å². The van der Waals surface area contributed by atoms with E-state index in [2.05, 4.69) is 20.6 Å². The Kier molecular flexibility index (Phi) is 7.48. The van der Waals surface area contributed by atoms with E-state index in [1.165, 1.54) is 15.8 Å². The molecule has 2 amide bonds. The van der Waals surface area contributed by atoms with E-state index in [4.69, 9.17) is 0 Å². The first-order valence-electron chi connectivity index (χ1n) is 13.5. The molecule has 3 atom stereocenters. The van der Waals surface area contributed by atoms with Gasteiger partial charge in [-0.2, -0.15) is 13.2 Å². The third-order valence-corrected chi connectivity index (χ3v) is 8.88. The maximum atomic E-state index is 13.9. The molecular formula is C28H33F3N6O3S. The van der Waals surface area contributed by atoms with Gasteiger partial charge in [0.15, 0.2) is 0 Å². The number of amides is 2. The molecule has 13 heteroatoms. The van der Waals surface area contributed by atoms with Crippen LogP contribution in [-0.2, 0) is 21.5 Å². The van der Waals surface area contributed by atoms with Crippen LogP contribution in [-0.4, -0.2) is 66.7 Å². The van der Waals surface area contributed by atoms with Crippen LogP contribution in [0.1, 0.15) is 63.0 Å². The molecule has 2 aliphatic rings. The monoisotopic (exact) mass is 590 g/mol. The van der Waals surface area contributed by atoms with Crippen molar-refractivity contribution in [2.75, 3.05) is 6.54 Å². The van der Waals surface area contributed by atoms with Crippen molar-refractivity contribution in [2.45, 2.75) is 83.3 Å². The summed E-state index contributed by atoms with van der Waals surface area (Å²) in [5.74, 6) is -0.926. The van der Waals surface area contributed by atoms with E-state index in [1.54, 1.807) is 37.6 Å². The highest BCUT2D eigenvalue weighted by molar-refractivity contribution is 7.13. The predicted molar refractivity (Wildman–Crippen MR) is 146 cm³/mol. The van der Waals surface area contributed by atoms with E-state index in [9.17, 15) is 27.9 Å². The SMILES string of the molecule is Cc1ncsc1-c1ccc(CNC(=O)[C@@H]2C[C@@H](O)CN2C(=O)[C@@H](n2cc(C3(C(F)(F)F)CC3)nn2)C(C)(C)C)cc1. The van der Waals surface area contributed by atoms with Gasteiger partial charge in [-0.3, -0.25) is 9.59 Å². The summed E-state index contributed by atoms with van der Waals surface area (Å²) >= 11 is 1.55. The molecule has 1 saturated carbocycles. The largest absolute Gasteiger partial charge is 0.400 e. The van der Waals surface area contributed by atoms with Gasteiger partial charge in [0, 0.05) is 19.5 Å². The number of likely N-dealkylation sites (tertiary alicyclic amines) is 1. The molecule has 2 N–H and O–H groups in total. The quantitative estimate of drug-likeness (QED) is 0.427. The van der Waals surface area contributed by atoms with Crippen LogP contribution in [0.25, 0.3) is 10.4 Å². The second kappa shape index (κ2) is 10.5. The zero-order valence-corrected chi connectivity index (χ0v) is 24.1. The van der Waals surface area contributed by atoms with Crippen LogP contribution in [0.2, 0.25) is 0 Å². The Hall–Kier alpha value is -3.32. The molecule has 9 nitrogen and oxygen atoms in total. The highest BCUT2D eigenvalue weighted by atomic mass is 32.1. The average molecular weight is 591 g/mol. The normalized spacial score (nSPS) is 21.1. The summed E-state index contributed by atoms with van der Waals surface area (Å²) in [6, 6.07) is 5.77. The van der Waals surface area contributed by atoms with Crippen molar-refractivity contribution in [3.05, 3.63) is 52.9 Å². The van der Waals surface area contributed by atoms with Crippen LogP contribution in [0.5, 0.6) is 0 Å². The zero-order valence-electron chi connectivity index (χ0n) is 23.3. The highest BCUT2D eigenvalue weighted by Crippen LogP contribution is 2.58. The van der Waals surface area contributed by atoms with Gasteiger partial charge in [-0.15, -0.1) is 16.4 Å². The van der Waals surface area contributed by atoms with Gasteiger partial charge >= 0.3 is 6.18 Å². The lowest BCUT2D eigenvalue weighted by molar-refractivity contribution is -0.161. The number of thiazole rings is 1. The Morgan fingerprint density at radius 1 is 1.20 bits per heavy atom. The van der Waals surface area contributed by atoms with Gasteiger partial charge in [-0.1, -0.05) is 50.3 Å². The fourth-order valence-electron chi connectivity index (χ4n) is 5.44. The van der Waals surface area contributed by atoms with Crippen LogP contribution < -0.4 is 5.32 Å². The number of hydrogen-bond acceptors (Lipinski definition) is 7. The van der Waals surface area contributed by atoms with Gasteiger partial charge in [-0.25, -0.2) is 9.67 Å². The number of nitrogens with one attached hydrogen (secondary N) is 1. The summed E-state index contributed by atoms with van der Waals surface area (Å²) in [6.45, 7) is 7.41. The Labute approximate surface area is 239 Å². The molecule has 0 unspecified atom stereocenters. The van der Waals surface area contributed by atoms with Crippen molar-refractivity contribution >= 4 is 23.2 Å². The number of hydrogen-bond donors (Lipinski definition) is 2. The molecule has 1 aromatic carbocycles. The standard InChI is InChI=1S/C28H33F3N6O3S/c1-16-22(41-15-33-16)18-7-5-17(6-8-18)12-32-24(39)20-11-19(38)13-36(20)25(40)23(26(2,3)4)37-14-21(34-35-37)27(9-10-27)28(29,30)31/h5-8,14-15,19-20,23,38H,9-13H2,1-4H3,(H,32,39)/t19-,20+,23-/m1/s1. The summed E-state index contributed by atoms with van der Waals surface area (Å²) in [4.78, 5) is 33.8. The average Bonchev–Trinajstić information content (AvgIpc) is 3.18. The van der Waals surface area contributed by atoms with E-state index in [0.717, 1.165) is 21.7 Å². The fraction of sp³-hybridized carbons (Fsp3) is 0.536. The van der Waals surface area contributed by atoms with Crippen molar-refractivity contribution in [1.82, 2.24) is 30.2 Å². The third kappa shape index (κ3) is 5.61. The molecule has 0 radical (unpaired) electrons. The lowest BCUT2D eigenvalue weighted by Crippen LogP contribution is -2.50. The van der Waals surface area contributed by atoms with Gasteiger partial charge in [0.2, 0.25) is 11.8 Å². The number of β-amino-alcohol motifs (C(OH)–C–C–N with tert-alkyl or cyclic N) is 1. The number of aliphatic hydroxyl groups excluding tert-OH is 1. The van der Waals surface area contributed by atoms with E-state index in [1.807, 2.05) is 31.2 Å². The molecule has 0 spiro atoms. The fourth-order valence-corrected chi connectivity index (χ4v) is 6.25. The van der Waals surface area contributed by atoms with E-state index < -0.39 is 47.0 Å². The Balaban J connectivity index is 1.30. The molecule has 5 rings (SSSR count). The number of benzene rings is 1. The number of aryl methyl sites for hydroxylation is 1. The van der Waals surface area contributed by atoms with E-state index in [0.29, 0.717) is 0 Å². The molecule has 2 fully saturated rings. The van der Waals surface area contributed by atoms with Crippen LogP contribution in [0.15, 0.2) is 36.0 Å². The second-order valence-electron chi connectivity index (χ2n) is 12.0. The van der Waals surface area contributed by atoms with Crippen molar-refractivity contribution in [3.63, 3.8) is 0 Å². The molecule has 2 aromatic heterocycles. The molecule has 0 bridgehead atoms. The number of alkyl halides is 3. The third-order valence-electron chi connectivity index (χ3n) is 7.91. The van der Waals surface area contributed by atoms with Gasteiger partial charge in [0.05, 0.1) is 34.1 Å². The molecule has 220 valence electrons. The minimum Gasteiger partial charge on any atom is -0.391 e. The maximum Gasteiger partial charge on any atom is 0.400 e. The first-order valence-corrected chi connectivity index (χ1v) is 14.3. The number of carbonyl (C=O) groups is 2. The number of carbonyl (C=O) groups excluding carboxylic acids is 2. The molecule has 3 heterocycles. The molecule has 1 aliphatic heterocycles. The summed E-state index contributed by atoms with van der Waals surface area (Å²) in [7, 11) is 0. The molecular weight excluding hydrogens is 557 g/mol. The van der Waals surface area contributed by atoms with Crippen LogP contribution >= 0.6 is 11.3 Å².